The van der Waals surface area contributed by atoms with Crippen molar-refractivity contribution in [1.82, 2.24) is 0 Å². The Morgan fingerprint density at radius 3 is 1.56 bits per heavy atom. The molecule has 0 N–H and O–H groups in total. The molecule has 0 spiro atoms. The average Bonchev–Trinajstić information content (AvgIpc) is 2.53. The van der Waals surface area contributed by atoms with Gasteiger partial charge in [-0.3, -0.25) is 14.4 Å². The minimum Gasteiger partial charge on any atom is -0.298 e. The molecule has 1 fully saturated rings. The SMILES string of the molecule is O=C1C(C(=O)C(F)(F)F)CC(c2ccccc2)CC1C(=O)C(F)(F)F. The Morgan fingerprint density at radius 2 is 1.20 bits per heavy atom. The number of ketones is 3. The van der Waals surface area contributed by atoms with E-state index in [9.17, 15) is 40.7 Å². The molecular formula is C16H12F6O3. The van der Waals surface area contributed by atoms with Crippen LogP contribution in [0.3, 0.4) is 0 Å². The minimum atomic E-state index is -5.37. The number of carbonyl (C=O) groups is 3. The van der Waals surface area contributed by atoms with Gasteiger partial charge in [-0.25, -0.2) is 0 Å². The molecule has 9 heteroatoms. The van der Waals surface area contributed by atoms with E-state index in [2.05, 4.69) is 0 Å². The van der Waals surface area contributed by atoms with Crippen LogP contribution in [0.15, 0.2) is 30.3 Å². The lowest BCUT2D eigenvalue weighted by Gasteiger charge is -2.33. The standard InChI is InChI=1S/C16H12F6O3/c17-15(18,19)13(24)10-6-9(8-4-2-1-3-5-8)7-11(12(10)23)14(25)16(20,21)22/h1-5,9-11H,6-7H2. The molecule has 1 aliphatic carbocycles. The van der Waals surface area contributed by atoms with E-state index in [4.69, 9.17) is 0 Å². The summed E-state index contributed by atoms with van der Waals surface area (Å²) in [4.78, 5) is 35.0. The van der Waals surface area contributed by atoms with Gasteiger partial charge in [0.2, 0.25) is 11.6 Å². The molecule has 1 aromatic carbocycles. The first-order valence-electron chi connectivity index (χ1n) is 7.23. The lowest BCUT2D eigenvalue weighted by Crippen LogP contribution is -2.47. The number of hydrogen-bond acceptors (Lipinski definition) is 3. The maximum absolute atomic E-state index is 12.7. The maximum Gasteiger partial charge on any atom is 0.450 e. The number of Topliss-reactive ketones (excluding diaryl/α,β-unsaturated/α-hetero) is 3. The molecule has 1 aliphatic rings. The molecule has 2 unspecified atom stereocenters. The molecule has 0 bridgehead atoms. The summed E-state index contributed by atoms with van der Waals surface area (Å²) >= 11 is 0. The zero-order valence-electron chi connectivity index (χ0n) is 12.5. The van der Waals surface area contributed by atoms with Crippen LogP contribution in [0.1, 0.15) is 24.3 Å². The largest absolute Gasteiger partial charge is 0.450 e. The first-order valence-corrected chi connectivity index (χ1v) is 7.23. The molecule has 0 heterocycles. The molecule has 0 amide bonds. The summed E-state index contributed by atoms with van der Waals surface area (Å²) in [5.74, 6) is -12.0. The Kier molecular flexibility index (Phi) is 5.06. The molecule has 0 radical (unpaired) electrons. The zero-order chi connectivity index (χ0) is 19.0. The third-order valence-corrected chi connectivity index (χ3v) is 4.19. The monoisotopic (exact) mass is 366 g/mol. The van der Waals surface area contributed by atoms with Gasteiger partial charge < -0.3 is 0 Å². The van der Waals surface area contributed by atoms with Crippen molar-refractivity contribution in [3.05, 3.63) is 35.9 Å². The summed E-state index contributed by atoms with van der Waals surface area (Å²) in [6.45, 7) is 0. The van der Waals surface area contributed by atoms with Crippen LogP contribution < -0.4 is 0 Å². The molecule has 0 aliphatic heterocycles. The van der Waals surface area contributed by atoms with E-state index in [-0.39, 0.29) is 0 Å². The van der Waals surface area contributed by atoms with Crippen LogP contribution in [0.4, 0.5) is 26.3 Å². The molecule has 25 heavy (non-hydrogen) atoms. The topological polar surface area (TPSA) is 51.2 Å². The minimum absolute atomic E-state index is 0.370. The molecule has 3 nitrogen and oxygen atoms in total. The van der Waals surface area contributed by atoms with E-state index in [0.717, 1.165) is 0 Å². The van der Waals surface area contributed by atoms with Crippen LogP contribution in [-0.2, 0) is 14.4 Å². The Morgan fingerprint density at radius 1 is 0.800 bits per heavy atom. The molecule has 2 rings (SSSR count). The lowest BCUT2D eigenvalue weighted by molar-refractivity contribution is -0.184. The highest BCUT2D eigenvalue weighted by molar-refractivity contribution is 6.14. The smallest absolute Gasteiger partial charge is 0.298 e. The Bertz CT molecular complexity index is 639. The first-order chi connectivity index (χ1) is 11.4. The number of benzene rings is 1. The molecular weight excluding hydrogens is 354 g/mol. The van der Waals surface area contributed by atoms with Crippen LogP contribution in [-0.4, -0.2) is 29.7 Å². The van der Waals surface area contributed by atoms with Gasteiger partial charge in [0, 0.05) is 0 Å². The van der Waals surface area contributed by atoms with Crippen molar-refractivity contribution in [1.29, 1.82) is 0 Å². The molecule has 0 aromatic heterocycles. The van der Waals surface area contributed by atoms with Gasteiger partial charge in [0.25, 0.3) is 0 Å². The average molecular weight is 366 g/mol. The molecule has 1 saturated carbocycles. The van der Waals surface area contributed by atoms with Gasteiger partial charge in [0.1, 0.15) is 0 Å². The third-order valence-electron chi connectivity index (χ3n) is 4.19. The Hall–Kier alpha value is -2.19. The summed E-state index contributed by atoms with van der Waals surface area (Å²) in [7, 11) is 0. The molecule has 1 aromatic rings. The van der Waals surface area contributed by atoms with Gasteiger partial charge in [0.05, 0.1) is 11.8 Å². The van der Waals surface area contributed by atoms with E-state index in [1.807, 2.05) is 0 Å². The third kappa shape index (κ3) is 4.08. The number of alkyl halides is 6. The maximum atomic E-state index is 12.7. The van der Waals surface area contributed by atoms with Crippen molar-refractivity contribution >= 4 is 17.3 Å². The van der Waals surface area contributed by atoms with Crippen molar-refractivity contribution in [2.24, 2.45) is 11.8 Å². The van der Waals surface area contributed by atoms with Crippen molar-refractivity contribution < 1.29 is 40.7 Å². The fourth-order valence-corrected chi connectivity index (χ4v) is 3.01. The number of rotatable bonds is 3. The fourth-order valence-electron chi connectivity index (χ4n) is 3.01. The van der Waals surface area contributed by atoms with E-state index in [0.29, 0.717) is 5.56 Å². The number of halogens is 6. The van der Waals surface area contributed by atoms with Gasteiger partial charge in [-0.05, 0) is 24.3 Å². The van der Waals surface area contributed by atoms with E-state index >= 15 is 0 Å². The summed E-state index contributed by atoms with van der Waals surface area (Å²) < 4.78 is 76.1. The Labute approximate surface area is 138 Å². The molecule has 2 atom stereocenters. The summed E-state index contributed by atoms with van der Waals surface area (Å²) in [6, 6.07) is 7.56. The quantitative estimate of drug-likeness (QED) is 0.606. The highest BCUT2D eigenvalue weighted by Crippen LogP contribution is 2.42. The van der Waals surface area contributed by atoms with E-state index in [1.54, 1.807) is 6.07 Å². The lowest BCUT2D eigenvalue weighted by atomic mass is 9.69. The van der Waals surface area contributed by atoms with Gasteiger partial charge in [-0.15, -0.1) is 0 Å². The fraction of sp³-hybridized carbons (Fsp3) is 0.438. The highest BCUT2D eigenvalue weighted by atomic mass is 19.4. The van der Waals surface area contributed by atoms with E-state index in [1.165, 1.54) is 24.3 Å². The zero-order valence-corrected chi connectivity index (χ0v) is 12.5. The second kappa shape index (κ2) is 6.61. The summed E-state index contributed by atoms with van der Waals surface area (Å²) in [6.07, 6.45) is -11.9. The predicted molar refractivity (Wildman–Crippen MR) is 72.5 cm³/mol. The summed E-state index contributed by atoms with van der Waals surface area (Å²) in [5, 5.41) is 0. The van der Waals surface area contributed by atoms with E-state index < -0.39 is 60.3 Å². The Balaban J connectivity index is 2.42. The van der Waals surface area contributed by atoms with Crippen LogP contribution >= 0.6 is 0 Å². The van der Waals surface area contributed by atoms with Crippen molar-refractivity contribution in [3.8, 4) is 0 Å². The van der Waals surface area contributed by atoms with Crippen molar-refractivity contribution in [2.45, 2.75) is 31.1 Å². The van der Waals surface area contributed by atoms with Crippen LogP contribution in [0.2, 0.25) is 0 Å². The van der Waals surface area contributed by atoms with Gasteiger partial charge in [-0.1, -0.05) is 30.3 Å². The van der Waals surface area contributed by atoms with Crippen molar-refractivity contribution in [2.75, 3.05) is 0 Å². The highest BCUT2D eigenvalue weighted by Gasteiger charge is 2.55. The van der Waals surface area contributed by atoms with Crippen LogP contribution in [0.5, 0.6) is 0 Å². The molecule has 136 valence electrons. The number of hydrogen-bond donors (Lipinski definition) is 0. The number of carbonyl (C=O) groups excluding carboxylic acids is 3. The second-order valence-electron chi connectivity index (χ2n) is 5.81. The second-order valence-corrected chi connectivity index (χ2v) is 5.81. The van der Waals surface area contributed by atoms with Crippen molar-refractivity contribution in [3.63, 3.8) is 0 Å². The van der Waals surface area contributed by atoms with Gasteiger partial charge >= 0.3 is 12.4 Å². The first kappa shape index (κ1) is 19.1. The van der Waals surface area contributed by atoms with Gasteiger partial charge in [0.15, 0.2) is 5.78 Å². The summed E-state index contributed by atoms with van der Waals surface area (Å²) in [5.41, 5.74) is 0.370. The van der Waals surface area contributed by atoms with Crippen LogP contribution in [0, 0.1) is 11.8 Å². The predicted octanol–water partition coefficient (Wildman–Crippen LogP) is 3.63. The normalized spacial score (nSPS) is 24.9. The molecule has 0 saturated heterocycles. The van der Waals surface area contributed by atoms with Gasteiger partial charge in [-0.2, -0.15) is 26.3 Å². The van der Waals surface area contributed by atoms with Crippen LogP contribution in [0.25, 0.3) is 0 Å².